The average molecular weight is 491 g/mol. The van der Waals surface area contributed by atoms with Crippen LogP contribution in [0, 0.1) is 11.7 Å². The van der Waals surface area contributed by atoms with E-state index in [4.69, 9.17) is 0 Å². The van der Waals surface area contributed by atoms with Gasteiger partial charge in [0.25, 0.3) is 5.91 Å². The number of hydrogen-bond acceptors (Lipinski definition) is 3. The highest BCUT2D eigenvalue weighted by molar-refractivity contribution is 5.98. The number of carbonyl (C=O) groups is 3. The molecule has 1 N–H and O–H groups in total. The number of likely N-dealkylation sites (tertiary alicyclic amines) is 1. The molecule has 0 bridgehead atoms. The van der Waals surface area contributed by atoms with Crippen molar-refractivity contribution in [3.8, 4) is 0 Å². The number of nitrogens with one attached hydrogen (secondary N) is 1. The molecule has 1 heterocycles. The summed E-state index contributed by atoms with van der Waals surface area (Å²) in [4.78, 5) is 39.2. The van der Waals surface area contributed by atoms with Gasteiger partial charge in [-0.25, -0.2) is 8.78 Å². The number of benzene rings is 1. The van der Waals surface area contributed by atoms with Crippen LogP contribution in [0.4, 0.5) is 8.78 Å². The van der Waals surface area contributed by atoms with Crippen molar-refractivity contribution in [3.63, 3.8) is 0 Å². The van der Waals surface area contributed by atoms with Gasteiger partial charge in [-0.2, -0.15) is 0 Å². The van der Waals surface area contributed by atoms with Gasteiger partial charge in [0.2, 0.25) is 5.91 Å². The Morgan fingerprint density at radius 1 is 1.09 bits per heavy atom. The summed E-state index contributed by atoms with van der Waals surface area (Å²) in [5.41, 5.74) is 0.318. The van der Waals surface area contributed by atoms with E-state index in [1.165, 1.54) is 13.0 Å². The fourth-order valence-corrected chi connectivity index (χ4v) is 5.14. The summed E-state index contributed by atoms with van der Waals surface area (Å²) in [6.07, 6.45) is 6.40. The lowest BCUT2D eigenvalue weighted by atomic mass is 9.82. The molecule has 0 radical (unpaired) electrons. The van der Waals surface area contributed by atoms with Gasteiger partial charge in [-0.3, -0.25) is 14.4 Å². The maximum absolute atomic E-state index is 15.5. The molecule has 2 unspecified atom stereocenters. The van der Waals surface area contributed by atoms with Crippen LogP contribution in [0.25, 0.3) is 0 Å². The van der Waals surface area contributed by atoms with E-state index < -0.39 is 23.6 Å². The standard InChI is InChI=1S/C26H34F2N2O3.C2H6/c1-17(27)13-14-23(32)30-15-7-10-20(16-30)21-11-6-12-22(24(21)28)26(33)29-25(18(2)31)19-8-4-3-5-9-19;1-2/h6,11-12,19-20,25H,1,3-5,7-10,13-16H2,2H3,(H,29,33);1-2H3. The van der Waals surface area contributed by atoms with Crippen LogP contribution < -0.4 is 5.32 Å². The fraction of sp³-hybridized carbons (Fsp3) is 0.607. The minimum atomic E-state index is -0.603. The highest BCUT2D eigenvalue weighted by atomic mass is 19.1. The molecule has 1 aliphatic carbocycles. The van der Waals surface area contributed by atoms with Gasteiger partial charge in [0.15, 0.2) is 5.78 Å². The Labute approximate surface area is 208 Å². The normalized spacial score (nSPS) is 19.2. The number of hydrogen-bond donors (Lipinski definition) is 1. The summed E-state index contributed by atoms with van der Waals surface area (Å²) in [5, 5.41) is 2.79. The highest BCUT2D eigenvalue weighted by Gasteiger charge is 2.31. The Hall–Kier alpha value is -2.57. The topological polar surface area (TPSA) is 66.5 Å². The summed E-state index contributed by atoms with van der Waals surface area (Å²) in [6.45, 7) is 9.54. The van der Waals surface area contributed by atoms with Crippen molar-refractivity contribution in [1.82, 2.24) is 10.2 Å². The molecule has 2 fully saturated rings. The number of amides is 2. The predicted molar refractivity (Wildman–Crippen MR) is 134 cm³/mol. The Bertz CT molecular complexity index is 896. The first-order valence-corrected chi connectivity index (χ1v) is 13.0. The molecule has 1 aromatic rings. The van der Waals surface area contributed by atoms with Crippen LogP contribution in [0.2, 0.25) is 0 Å². The predicted octanol–water partition coefficient (Wildman–Crippen LogP) is 6.09. The molecule has 0 aromatic heterocycles. The molecule has 2 aliphatic rings. The van der Waals surface area contributed by atoms with E-state index in [0.29, 0.717) is 31.5 Å². The van der Waals surface area contributed by atoms with Gasteiger partial charge >= 0.3 is 0 Å². The van der Waals surface area contributed by atoms with E-state index in [-0.39, 0.29) is 41.9 Å². The first-order valence-electron chi connectivity index (χ1n) is 13.0. The van der Waals surface area contributed by atoms with Crippen LogP contribution in [0.5, 0.6) is 0 Å². The zero-order valence-corrected chi connectivity index (χ0v) is 21.4. The number of ketones is 1. The molecule has 35 heavy (non-hydrogen) atoms. The molecular formula is C28H40F2N2O3. The molecule has 2 amide bonds. The monoisotopic (exact) mass is 490 g/mol. The van der Waals surface area contributed by atoms with Gasteiger partial charge in [-0.15, -0.1) is 0 Å². The molecule has 3 rings (SSSR count). The second-order valence-corrected chi connectivity index (χ2v) is 9.36. The van der Waals surface area contributed by atoms with Crippen LogP contribution in [-0.4, -0.2) is 41.6 Å². The van der Waals surface area contributed by atoms with E-state index in [9.17, 15) is 18.8 Å². The summed E-state index contributed by atoms with van der Waals surface area (Å²) in [6, 6.07) is 4.13. The maximum Gasteiger partial charge on any atom is 0.254 e. The van der Waals surface area contributed by atoms with Crippen LogP contribution in [0.3, 0.4) is 0 Å². The minimum Gasteiger partial charge on any atom is -0.342 e. The van der Waals surface area contributed by atoms with Crippen molar-refractivity contribution in [2.75, 3.05) is 13.1 Å². The third kappa shape index (κ3) is 7.97. The van der Waals surface area contributed by atoms with E-state index >= 15 is 4.39 Å². The molecule has 194 valence electrons. The van der Waals surface area contributed by atoms with E-state index in [0.717, 1.165) is 32.1 Å². The number of nitrogens with zero attached hydrogens (tertiary/aromatic N) is 1. The van der Waals surface area contributed by atoms with E-state index in [1.54, 1.807) is 17.0 Å². The average Bonchev–Trinajstić information content (AvgIpc) is 2.87. The van der Waals surface area contributed by atoms with Crippen molar-refractivity contribution < 1.29 is 23.2 Å². The van der Waals surface area contributed by atoms with E-state index in [2.05, 4.69) is 11.9 Å². The number of Topliss-reactive ketones (excluding diaryl/α,β-unsaturated/α-hetero) is 1. The Morgan fingerprint density at radius 2 is 1.77 bits per heavy atom. The summed E-state index contributed by atoms with van der Waals surface area (Å²) >= 11 is 0. The smallest absolute Gasteiger partial charge is 0.254 e. The van der Waals surface area contributed by atoms with Crippen LogP contribution >= 0.6 is 0 Å². The van der Waals surface area contributed by atoms with Gasteiger partial charge < -0.3 is 10.2 Å². The third-order valence-corrected chi connectivity index (χ3v) is 6.94. The number of carbonyl (C=O) groups excluding carboxylic acids is 3. The lowest BCUT2D eigenvalue weighted by molar-refractivity contribution is -0.132. The lowest BCUT2D eigenvalue weighted by Crippen LogP contribution is -2.46. The Balaban J connectivity index is 0.00000210. The molecule has 1 aromatic carbocycles. The zero-order chi connectivity index (χ0) is 26.0. The molecule has 5 nitrogen and oxygen atoms in total. The van der Waals surface area contributed by atoms with Gasteiger partial charge in [-0.05, 0) is 50.2 Å². The van der Waals surface area contributed by atoms with E-state index in [1.807, 2.05) is 13.8 Å². The van der Waals surface area contributed by atoms with Crippen molar-refractivity contribution in [2.45, 2.75) is 90.5 Å². The second kappa shape index (κ2) is 14.1. The van der Waals surface area contributed by atoms with Gasteiger partial charge in [0.05, 0.1) is 17.4 Å². The van der Waals surface area contributed by atoms with Crippen molar-refractivity contribution in [1.29, 1.82) is 0 Å². The van der Waals surface area contributed by atoms with Crippen molar-refractivity contribution >= 4 is 17.6 Å². The van der Waals surface area contributed by atoms with Crippen LogP contribution in [-0.2, 0) is 9.59 Å². The van der Waals surface area contributed by atoms with Crippen LogP contribution in [0.1, 0.15) is 100 Å². The SMILES string of the molecule is C=C(F)CCC(=O)N1CCCC(c2cccc(C(=O)NC(C(C)=O)C3CCCCC3)c2F)C1.CC. The summed E-state index contributed by atoms with van der Waals surface area (Å²) in [5.74, 6) is -2.15. The van der Waals surface area contributed by atoms with Crippen molar-refractivity contribution in [2.24, 2.45) is 5.92 Å². The van der Waals surface area contributed by atoms with Crippen molar-refractivity contribution in [3.05, 3.63) is 47.5 Å². The van der Waals surface area contributed by atoms with Gasteiger partial charge in [0, 0.05) is 31.8 Å². The lowest BCUT2D eigenvalue weighted by Gasteiger charge is -2.33. The molecule has 0 spiro atoms. The zero-order valence-electron chi connectivity index (χ0n) is 21.4. The largest absolute Gasteiger partial charge is 0.342 e. The first kappa shape index (κ1) is 28.7. The Kier molecular flexibility index (Phi) is 11.5. The summed E-state index contributed by atoms with van der Waals surface area (Å²) < 4.78 is 28.4. The minimum absolute atomic E-state index is 0.0116. The summed E-state index contributed by atoms with van der Waals surface area (Å²) in [7, 11) is 0. The third-order valence-electron chi connectivity index (χ3n) is 6.94. The molecule has 2 atom stereocenters. The highest BCUT2D eigenvalue weighted by Crippen LogP contribution is 2.31. The first-order chi connectivity index (χ1) is 16.8. The number of rotatable bonds is 8. The maximum atomic E-state index is 15.5. The molecule has 1 saturated carbocycles. The quantitative estimate of drug-likeness (QED) is 0.480. The molecule has 7 heteroatoms. The van der Waals surface area contributed by atoms with Gasteiger partial charge in [0.1, 0.15) is 5.82 Å². The number of halogens is 2. The molecule has 1 saturated heterocycles. The Morgan fingerprint density at radius 3 is 2.40 bits per heavy atom. The van der Waals surface area contributed by atoms with Crippen LogP contribution in [0.15, 0.2) is 30.6 Å². The molecule has 1 aliphatic heterocycles. The fourth-order valence-electron chi connectivity index (χ4n) is 5.14. The van der Waals surface area contributed by atoms with Gasteiger partial charge in [-0.1, -0.05) is 51.8 Å². The number of allylic oxidation sites excluding steroid dienone is 1. The second-order valence-electron chi connectivity index (χ2n) is 9.36. The number of piperidine rings is 1. The molecular weight excluding hydrogens is 450 g/mol.